The molecule has 2 aromatic rings. The average molecular weight is 232 g/mol. The lowest BCUT2D eigenvalue weighted by Crippen LogP contribution is -2.13. The minimum Gasteiger partial charge on any atom is -0.481 e. The molecule has 2 N–H and O–H groups in total. The van der Waals surface area contributed by atoms with Crippen molar-refractivity contribution < 1.29 is 4.74 Å². The summed E-state index contributed by atoms with van der Waals surface area (Å²) in [6, 6.07) is 3.86. The molecule has 0 saturated heterocycles. The number of aromatic nitrogens is 3. The highest BCUT2D eigenvalue weighted by atomic mass is 16.5. The number of nitrogens with zero attached hydrogens (tertiary/aromatic N) is 2. The molecule has 0 aromatic carbocycles. The summed E-state index contributed by atoms with van der Waals surface area (Å²) in [4.78, 5) is 4.15. The lowest BCUT2D eigenvalue weighted by Gasteiger charge is -2.04. The summed E-state index contributed by atoms with van der Waals surface area (Å²) in [6.07, 6.45) is 3.66. The smallest absolute Gasteiger partial charge is 0.212 e. The minimum absolute atomic E-state index is 0.638. The molecule has 90 valence electrons. The highest BCUT2D eigenvalue weighted by Crippen LogP contribution is 2.07. The Labute approximate surface area is 100 Å². The van der Waals surface area contributed by atoms with Gasteiger partial charge in [0.25, 0.3) is 0 Å². The SMILES string of the molecule is COc1ccc(CNCc2cn[nH]c2C)cn1. The molecule has 0 spiro atoms. The first-order valence-electron chi connectivity index (χ1n) is 5.48. The van der Waals surface area contributed by atoms with Crippen molar-refractivity contribution >= 4 is 0 Å². The molecule has 0 radical (unpaired) electrons. The molecular weight excluding hydrogens is 216 g/mol. The Balaban J connectivity index is 1.83. The zero-order valence-corrected chi connectivity index (χ0v) is 10.0. The van der Waals surface area contributed by atoms with Crippen molar-refractivity contribution in [1.82, 2.24) is 20.5 Å². The molecule has 0 bridgehead atoms. The number of hydrogen-bond acceptors (Lipinski definition) is 4. The number of nitrogens with one attached hydrogen (secondary N) is 2. The van der Waals surface area contributed by atoms with E-state index in [1.54, 1.807) is 7.11 Å². The number of methoxy groups -OCH3 is 1. The van der Waals surface area contributed by atoms with Crippen LogP contribution in [0.1, 0.15) is 16.8 Å². The first-order chi connectivity index (χ1) is 8.29. The fourth-order valence-electron chi connectivity index (χ4n) is 1.53. The zero-order chi connectivity index (χ0) is 12.1. The largest absolute Gasteiger partial charge is 0.481 e. The van der Waals surface area contributed by atoms with E-state index in [9.17, 15) is 0 Å². The van der Waals surface area contributed by atoms with E-state index in [4.69, 9.17) is 4.74 Å². The van der Waals surface area contributed by atoms with E-state index >= 15 is 0 Å². The van der Waals surface area contributed by atoms with Crippen molar-refractivity contribution in [2.24, 2.45) is 0 Å². The van der Waals surface area contributed by atoms with Crippen molar-refractivity contribution in [3.8, 4) is 5.88 Å². The highest BCUT2D eigenvalue weighted by molar-refractivity contribution is 5.18. The second-order valence-corrected chi connectivity index (χ2v) is 3.83. The molecule has 5 nitrogen and oxygen atoms in total. The molecule has 5 heteroatoms. The van der Waals surface area contributed by atoms with E-state index in [1.807, 2.05) is 31.5 Å². The maximum Gasteiger partial charge on any atom is 0.212 e. The van der Waals surface area contributed by atoms with Gasteiger partial charge >= 0.3 is 0 Å². The first-order valence-corrected chi connectivity index (χ1v) is 5.48. The number of H-pyrrole nitrogens is 1. The Morgan fingerprint density at radius 3 is 2.76 bits per heavy atom. The number of rotatable bonds is 5. The standard InChI is InChI=1S/C12H16N4O/c1-9-11(8-15-16-9)7-13-5-10-3-4-12(17-2)14-6-10/h3-4,6,8,13H,5,7H2,1-2H3,(H,15,16). The predicted molar refractivity (Wildman–Crippen MR) is 64.7 cm³/mol. The average Bonchev–Trinajstić information content (AvgIpc) is 2.76. The molecule has 17 heavy (non-hydrogen) atoms. The van der Waals surface area contributed by atoms with E-state index < -0.39 is 0 Å². The monoisotopic (exact) mass is 232 g/mol. The van der Waals surface area contributed by atoms with Gasteiger partial charge in [-0.1, -0.05) is 6.07 Å². The summed E-state index contributed by atoms with van der Waals surface area (Å²) >= 11 is 0. The summed E-state index contributed by atoms with van der Waals surface area (Å²) in [5.41, 5.74) is 3.42. The molecular formula is C12H16N4O. The lowest BCUT2D eigenvalue weighted by atomic mass is 10.2. The van der Waals surface area contributed by atoms with Crippen molar-refractivity contribution in [2.45, 2.75) is 20.0 Å². The number of pyridine rings is 1. The van der Waals surface area contributed by atoms with Crippen molar-refractivity contribution in [1.29, 1.82) is 0 Å². The van der Waals surface area contributed by atoms with Gasteiger partial charge in [0.1, 0.15) is 0 Å². The van der Waals surface area contributed by atoms with Crippen LogP contribution >= 0.6 is 0 Å². The molecule has 0 atom stereocenters. The molecule has 0 aliphatic carbocycles. The Kier molecular flexibility index (Phi) is 3.72. The fraction of sp³-hybridized carbons (Fsp3) is 0.333. The van der Waals surface area contributed by atoms with Crippen molar-refractivity contribution in [2.75, 3.05) is 7.11 Å². The molecule has 2 heterocycles. The summed E-state index contributed by atoms with van der Waals surface area (Å²) in [7, 11) is 1.61. The number of ether oxygens (including phenoxy) is 1. The zero-order valence-electron chi connectivity index (χ0n) is 10.0. The summed E-state index contributed by atoms with van der Waals surface area (Å²) < 4.78 is 5.00. The highest BCUT2D eigenvalue weighted by Gasteiger charge is 2.00. The second-order valence-electron chi connectivity index (χ2n) is 3.83. The lowest BCUT2D eigenvalue weighted by molar-refractivity contribution is 0.397. The third-order valence-corrected chi connectivity index (χ3v) is 2.59. The minimum atomic E-state index is 0.638. The Morgan fingerprint density at radius 2 is 2.18 bits per heavy atom. The molecule has 0 amide bonds. The van der Waals surface area contributed by atoms with Gasteiger partial charge in [-0.05, 0) is 12.5 Å². The van der Waals surface area contributed by atoms with Crippen LogP contribution in [0.4, 0.5) is 0 Å². The summed E-state index contributed by atoms with van der Waals surface area (Å²) in [5.74, 6) is 0.638. The van der Waals surface area contributed by atoms with Gasteiger partial charge in [-0.2, -0.15) is 5.10 Å². The molecule has 0 aliphatic rings. The first kappa shape index (κ1) is 11.6. The van der Waals surface area contributed by atoms with Crippen LogP contribution in [0.25, 0.3) is 0 Å². The Hall–Kier alpha value is -1.88. The maximum atomic E-state index is 5.00. The van der Waals surface area contributed by atoms with Gasteiger partial charge in [0.15, 0.2) is 0 Å². The molecule has 0 unspecified atom stereocenters. The van der Waals surface area contributed by atoms with Crippen molar-refractivity contribution in [3.63, 3.8) is 0 Å². The van der Waals surface area contributed by atoms with Gasteiger partial charge in [0.2, 0.25) is 5.88 Å². The second kappa shape index (κ2) is 5.45. The van der Waals surface area contributed by atoms with E-state index in [1.165, 1.54) is 5.56 Å². The van der Waals surface area contributed by atoms with E-state index in [0.717, 1.165) is 24.3 Å². The number of hydrogen-bond donors (Lipinski definition) is 2. The Bertz CT molecular complexity index is 464. The van der Waals surface area contributed by atoms with Gasteiger partial charge in [-0.15, -0.1) is 0 Å². The quantitative estimate of drug-likeness (QED) is 0.818. The van der Waals surface area contributed by atoms with Gasteiger partial charge in [-0.25, -0.2) is 4.98 Å². The van der Waals surface area contributed by atoms with Crippen LogP contribution in [0.15, 0.2) is 24.5 Å². The van der Waals surface area contributed by atoms with Crippen molar-refractivity contribution in [3.05, 3.63) is 41.3 Å². The Morgan fingerprint density at radius 1 is 1.29 bits per heavy atom. The molecule has 0 aliphatic heterocycles. The van der Waals surface area contributed by atoms with Crippen LogP contribution in [0, 0.1) is 6.92 Å². The molecule has 0 fully saturated rings. The van der Waals surface area contributed by atoms with E-state index in [-0.39, 0.29) is 0 Å². The molecule has 2 aromatic heterocycles. The van der Waals surface area contributed by atoms with E-state index in [0.29, 0.717) is 5.88 Å². The fourth-order valence-corrected chi connectivity index (χ4v) is 1.53. The molecule has 0 saturated carbocycles. The van der Waals surface area contributed by atoms with Gasteiger partial charge in [0, 0.05) is 36.6 Å². The van der Waals surface area contributed by atoms with Crippen LogP contribution in [0.2, 0.25) is 0 Å². The van der Waals surface area contributed by atoms with E-state index in [2.05, 4.69) is 20.5 Å². The summed E-state index contributed by atoms with van der Waals surface area (Å²) in [6.45, 7) is 3.59. The van der Waals surface area contributed by atoms with Crippen LogP contribution in [-0.2, 0) is 13.1 Å². The maximum absolute atomic E-state index is 5.00. The van der Waals surface area contributed by atoms with Crippen LogP contribution in [0.5, 0.6) is 5.88 Å². The predicted octanol–water partition coefficient (Wildman–Crippen LogP) is 1.41. The van der Waals surface area contributed by atoms with Gasteiger partial charge in [0.05, 0.1) is 13.3 Å². The van der Waals surface area contributed by atoms with Gasteiger partial charge in [-0.3, -0.25) is 5.10 Å². The number of aryl methyl sites for hydroxylation is 1. The van der Waals surface area contributed by atoms with Crippen LogP contribution in [0.3, 0.4) is 0 Å². The van der Waals surface area contributed by atoms with Gasteiger partial charge < -0.3 is 10.1 Å². The summed E-state index contributed by atoms with van der Waals surface area (Å²) in [5, 5.41) is 10.2. The third-order valence-electron chi connectivity index (χ3n) is 2.59. The normalized spacial score (nSPS) is 10.5. The molecule has 2 rings (SSSR count). The number of aromatic amines is 1. The van der Waals surface area contributed by atoms with Crippen LogP contribution < -0.4 is 10.1 Å². The van der Waals surface area contributed by atoms with Crippen LogP contribution in [-0.4, -0.2) is 22.3 Å². The third kappa shape index (κ3) is 3.04. The topological polar surface area (TPSA) is 62.8 Å².